The molecule has 1 saturated carbocycles. The number of ether oxygens (including phenoxy) is 1. The Kier molecular flexibility index (Phi) is 4.49. The minimum absolute atomic E-state index is 0.126. The molecule has 3 N–H and O–H groups in total. The first-order valence-electron chi connectivity index (χ1n) is 6.93. The minimum atomic E-state index is -0.447. The number of nitrogens with zero attached hydrogens (tertiary/aromatic N) is 1. The van der Waals surface area contributed by atoms with Crippen molar-refractivity contribution in [3.63, 3.8) is 0 Å². The second-order valence-electron chi connectivity index (χ2n) is 5.29. The summed E-state index contributed by atoms with van der Waals surface area (Å²) in [7, 11) is 3.25. The molecule has 0 bridgehead atoms. The van der Waals surface area contributed by atoms with Crippen LogP contribution in [0, 0.1) is 0 Å². The molecule has 110 valence electrons. The van der Waals surface area contributed by atoms with Crippen molar-refractivity contribution in [2.45, 2.75) is 37.8 Å². The summed E-state index contributed by atoms with van der Waals surface area (Å²) in [5.41, 5.74) is 6.73. The molecule has 0 aliphatic heterocycles. The number of nitrogens with two attached hydrogens (primary N) is 1. The highest BCUT2D eigenvalue weighted by molar-refractivity contribution is 5.97. The molecule has 1 fully saturated rings. The number of anilines is 1. The summed E-state index contributed by atoms with van der Waals surface area (Å²) in [5.74, 6) is 0.319. The van der Waals surface area contributed by atoms with Crippen LogP contribution in [0.5, 0.6) is 5.75 Å². The zero-order chi connectivity index (χ0) is 14.7. The summed E-state index contributed by atoms with van der Waals surface area (Å²) in [5, 5.41) is 10.1. The van der Waals surface area contributed by atoms with E-state index in [2.05, 4.69) is 0 Å². The van der Waals surface area contributed by atoms with Crippen molar-refractivity contribution >= 4 is 11.6 Å². The van der Waals surface area contributed by atoms with E-state index >= 15 is 0 Å². The molecule has 5 heteroatoms. The normalized spacial score (nSPS) is 22.4. The van der Waals surface area contributed by atoms with Gasteiger partial charge in [-0.3, -0.25) is 4.79 Å². The van der Waals surface area contributed by atoms with Gasteiger partial charge in [-0.05, 0) is 25.0 Å². The Balaban J connectivity index is 2.22. The molecule has 0 radical (unpaired) electrons. The highest BCUT2D eigenvalue weighted by atomic mass is 16.5. The van der Waals surface area contributed by atoms with Gasteiger partial charge in [-0.25, -0.2) is 0 Å². The summed E-state index contributed by atoms with van der Waals surface area (Å²) in [4.78, 5) is 14.2. The van der Waals surface area contributed by atoms with Crippen molar-refractivity contribution in [3.05, 3.63) is 23.8 Å². The first-order valence-corrected chi connectivity index (χ1v) is 6.93. The summed E-state index contributed by atoms with van der Waals surface area (Å²) < 4.78 is 5.22. The van der Waals surface area contributed by atoms with Crippen molar-refractivity contribution in [2.75, 3.05) is 19.9 Å². The molecule has 5 nitrogen and oxygen atoms in total. The SMILES string of the molecule is COc1cc(N)ccc1C(=O)N(C)C1CCCCC1O. The van der Waals surface area contributed by atoms with Gasteiger partial charge in [-0.1, -0.05) is 12.8 Å². The monoisotopic (exact) mass is 278 g/mol. The standard InChI is InChI=1S/C15H22N2O3/c1-17(12-5-3-4-6-13(12)18)15(19)11-8-7-10(16)9-14(11)20-2/h7-9,12-13,18H,3-6,16H2,1-2H3. The van der Waals surface area contributed by atoms with Gasteiger partial charge in [0.15, 0.2) is 0 Å². The highest BCUT2D eigenvalue weighted by Crippen LogP contribution is 2.27. The smallest absolute Gasteiger partial charge is 0.257 e. The van der Waals surface area contributed by atoms with Crippen LogP contribution in [-0.2, 0) is 0 Å². The fraction of sp³-hybridized carbons (Fsp3) is 0.533. The van der Waals surface area contributed by atoms with E-state index < -0.39 is 6.10 Å². The van der Waals surface area contributed by atoms with Crippen LogP contribution in [0.3, 0.4) is 0 Å². The molecule has 2 unspecified atom stereocenters. The molecule has 0 spiro atoms. The summed E-state index contributed by atoms with van der Waals surface area (Å²) in [6, 6.07) is 4.86. The van der Waals surface area contributed by atoms with Crippen molar-refractivity contribution in [1.29, 1.82) is 0 Å². The van der Waals surface area contributed by atoms with Crippen LogP contribution in [-0.4, -0.2) is 42.2 Å². The highest BCUT2D eigenvalue weighted by Gasteiger charge is 2.30. The van der Waals surface area contributed by atoms with Crippen LogP contribution >= 0.6 is 0 Å². The van der Waals surface area contributed by atoms with Crippen molar-refractivity contribution in [3.8, 4) is 5.75 Å². The molecule has 2 atom stereocenters. The van der Waals surface area contributed by atoms with Crippen molar-refractivity contribution < 1.29 is 14.6 Å². The maximum atomic E-state index is 12.6. The molecule has 0 heterocycles. The molecule has 20 heavy (non-hydrogen) atoms. The quantitative estimate of drug-likeness (QED) is 0.824. The van der Waals surface area contributed by atoms with Crippen LogP contribution in [0.25, 0.3) is 0 Å². The van der Waals surface area contributed by atoms with Gasteiger partial charge in [0.05, 0.1) is 24.8 Å². The maximum Gasteiger partial charge on any atom is 0.257 e. The van der Waals surface area contributed by atoms with Crippen LogP contribution < -0.4 is 10.5 Å². The van der Waals surface area contributed by atoms with Crippen molar-refractivity contribution in [1.82, 2.24) is 4.90 Å². The summed E-state index contributed by atoms with van der Waals surface area (Å²) >= 11 is 0. The first kappa shape index (κ1) is 14.7. The number of carbonyl (C=O) groups is 1. The number of rotatable bonds is 3. The van der Waals surface area contributed by atoms with E-state index in [9.17, 15) is 9.90 Å². The molecule has 0 aromatic heterocycles. The van der Waals surface area contributed by atoms with Gasteiger partial charge >= 0.3 is 0 Å². The Hall–Kier alpha value is -1.75. The zero-order valence-corrected chi connectivity index (χ0v) is 12.0. The number of nitrogen functional groups attached to an aromatic ring is 1. The van der Waals surface area contributed by atoms with Gasteiger partial charge in [0.25, 0.3) is 5.91 Å². The molecule has 1 amide bonds. The van der Waals surface area contributed by atoms with E-state index in [0.717, 1.165) is 25.7 Å². The molecule has 1 aromatic carbocycles. The lowest BCUT2D eigenvalue weighted by atomic mass is 9.91. The van der Waals surface area contributed by atoms with Gasteiger partial charge < -0.3 is 20.5 Å². The Morgan fingerprint density at radius 1 is 1.40 bits per heavy atom. The number of benzene rings is 1. The van der Waals surface area contributed by atoms with E-state index in [1.54, 1.807) is 30.1 Å². The van der Waals surface area contributed by atoms with E-state index in [-0.39, 0.29) is 11.9 Å². The predicted molar refractivity (Wildman–Crippen MR) is 77.8 cm³/mol. The van der Waals surface area contributed by atoms with E-state index in [4.69, 9.17) is 10.5 Å². The minimum Gasteiger partial charge on any atom is -0.496 e. The van der Waals surface area contributed by atoms with Crippen LogP contribution in [0.2, 0.25) is 0 Å². The topological polar surface area (TPSA) is 75.8 Å². The lowest BCUT2D eigenvalue weighted by molar-refractivity contribution is 0.0266. The van der Waals surface area contributed by atoms with Crippen LogP contribution in [0.15, 0.2) is 18.2 Å². The second kappa shape index (κ2) is 6.13. The number of amides is 1. The summed E-state index contributed by atoms with van der Waals surface area (Å²) in [6.45, 7) is 0. The van der Waals surface area contributed by atoms with E-state index in [1.807, 2.05) is 0 Å². The number of aliphatic hydroxyl groups is 1. The average Bonchev–Trinajstić information content (AvgIpc) is 2.46. The number of hydrogen-bond acceptors (Lipinski definition) is 4. The third kappa shape index (κ3) is 2.88. The predicted octanol–water partition coefficient (Wildman–Crippen LogP) is 1.65. The van der Waals surface area contributed by atoms with Gasteiger partial charge in [0, 0.05) is 18.8 Å². The maximum absolute atomic E-state index is 12.6. The molecule has 0 saturated heterocycles. The molecular formula is C15H22N2O3. The molecule has 1 aliphatic carbocycles. The summed E-state index contributed by atoms with van der Waals surface area (Å²) in [6.07, 6.45) is 3.20. The number of carbonyl (C=O) groups excluding carboxylic acids is 1. The van der Waals surface area contributed by atoms with Crippen LogP contribution in [0.4, 0.5) is 5.69 Å². The third-order valence-corrected chi connectivity index (χ3v) is 3.97. The largest absolute Gasteiger partial charge is 0.496 e. The third-order valence-electron chi connectivity index (χ3n) is 3.97. The molecular weight excluding hydrogens is 256 g/mol. The Labute approximate surface area is 119 Å². The number of likely N-dealkylation sites (N-methyl/N-ethyl adjacent to an activating group) is 1. The fourth-order valence-corrected chi connectivity index (χ4v) is 2.77. The van der Waals surface area contributed by atoms with Gasteiger partial charge in [0.2, 0.25) is 0 Å². The average molecular weight is 278 g/mol. The van der Waals surface area contributed by atoms with E-state index in [1.165, 1.54) is 7.11 Å². The van der Waals surface area contributed by atoms with Gasteiger partial charge in [0.1, 0.15) is 5.75 Å². The second-order valence-corrected chi connectivity index (χ2v) is 5.29. The number of aliphatic hydroxyl groups excluding tert-OH is 1. The Bertz CT molecular complexity index is 490. The molecule has 1 aliphatic rings. The Morgan fingerprint density at radius 3 is 2.75 bits per heavy atom. The van der Waals surface area contributed by atoms with Gasteiger partial charge in [-0.15, -0.1) is 0 Å². The lowest BCUT2D eigenvalue weighted by Crippen LogP contribution is -2.46. The number of hydrogen-bond donors (Lipinski definition) is 2. The van der Waals surface area contributed by atoms with Crippen molar-refractivity contribution in [2.24, 2.45) is 0 Å². The van der Waals surface area contributed by atoms with Gasteiger partial charge in [-0.2, -0.15) is 0 Å². The van der Waals surface area contributed by atoms with Crippen LogP contribution in [0.1, 0.15) is 36.0 Å². The first-order chi connectivity index (χ1) is 9.54. The number of methoxy groups -OCH3 is 1. The van der Waals surface area contributed by atoms with E-state index in [0.29, 0.717) is 17.0 Å². The Morgan fingerprint density at radius 2 is 2.10 bits per heavy atom. The zero-order valence-electron chi connectivity index (χ0n) is 12.0. The fourth-order valence-electron chi connectivity index (χ4n) is 2.77. The molecule has 1 aromatic rings. The lowest BCUT2D eigenvalue weighted by Gasteiger charge is -2.35. The molecule has 2 rings (SSSR count).